The smallest absolute Gasteiger partial charge is 0.148 e. The van der Waals surface area contributed by atoms with E-state index in [2.05, 4.69) is 105 Å². The zero-order valence-electron chi connectivity index (χ0n) is 25.7. The molecule has 6 aromatic carbocycles. The van der Waals surface area contributed by atoms with Gasteiger partial charge >= 0.3 is 0 Å². The van der Waals surface area contributed by atoms with Crippen molar-refractivity contribution in [3.8, 4) is 45.8 Å². The Bertz CT molecular complexity index is 2790. The molecular weight excluding hydrogens is 587 g/mol. The number of rotatable bonds is 4. The Kier molecular flexibility index (Phi) is 6.18. The van der Waals surface area contributed by atoms with Crippen LogP contribution in [0.15, 0.2) is 152 Å². The summed E-state index contributed by atoms with van der Waals surface area (Å²) in [5, 5.41) is 25.3. The van der Waals surface area contributed by atoms with Crippen LogP contribution >= 0.6 is 0 Å². The van der Waals surface area contributed by atoms with Crippen LogP contribution in [-0.4, -0.2) is 14.1 Å². The number of para-hydroxylation sites is 3. The predicted molar refractivity (Wildman–Crippen MR) is 193 cm³/mol. The van der Waals surface area contributed by atoms with Crippen LogP contribution in [-0.2, 0) is 0 Å². The molecule has 0 saturated heterocycles. The molecule has 0 amide bonds. The molecule has 0 bridgehead atoms. The van der Waals surface area contributed by atoms with Crippen molar-refractivity contribution in [2.45, 2.75) is 0 Å². The van der Waals surface area contributed by atoms with Gasteiger partial charge in [-0.3, -0.25) is 0 Å². The minimum atomic E-state index is 0.320. The van der Waals surface area contributed by atoms with E-state index in [4.69, 9.17) is 0 Å². The Morgan fingerprint density at radius 2 is 1.21 bits per heavy atom. The van der Waals surface area contributed by atoms with E-state index in [1.54, 1.807) is 6.20 Å². The molecule has 222 valence electrons. The van der Waals surface area contributed by atoms with Crippen LogP contribution in [0.3, 0.4) is 0 Å². The lowest BCUT2D eigenvalue weighted by molar-refractivity contribution is 1.17. The largest absolute Gasteiger partial charge is 0.309 e. The third kappa shape index (κ3) is 3.99. The van der Waals surface area contributed by atoms with Crippen molar-refractivity contribution in [2.24, 2.45) is 0 Å². The maximum atomic E-state index is 10.7. The molecule has 48 heavy (non-hydrogen) atoms. The molecule has 0 saturated carbocycles. The lowest BCUT2D eigenvalue weighted by Crippen LogP contribution is -2.00. The maximum absolute atomic E-state index is 10.7. The van der Waals surface area contributed by atoms with Gasteiger partial charge in [-0.15, -0.1) is 0 Å². The summed E-state index contributed by atoms with van der Waals surface area (Å²) in [6.45, 7) is 0. The lowest BCUT2D eigenvalue weighted by atomic mass is 9.92. The molecule has 9 rings (SSSR count). The molecule has 0 N–H and O–H groups in total. The Morgan fingerprint density at radius 1 is 0.521 bits per heavy atom. The molecular formula is C43H25N5. The van der Waals surface area contributed by atoms with Crippen molar-refractivity contribution in [2.75, 3.05) is 0 Å². The summed E-state index contributed by atoms with van der Waals surface area (Å²) >= 11 is 0. The molecule has 0 fully saturated rings. The second kappa shape index (κ2) is 10.8. The minimum Gasteiger partial charge on any atom is -0.309 e. The third-order valence-electron chi connectivity index (χ3n) is 9.27. The average molecular weight is 612 g/mol. The highest BCUT2D eigenvalue weighted by Gasteiger charge is 2.23. The summed E-state index contributed by atoms with van der Waals surface area (Å²) in [7, 11) is 0. The van der Waals surface area contributed by atoms with Crippen molar-refractivity contribution >= 4 is 43.6 Å². The lowest BCUT2D eigenvalue weighted by Gasteiger charge is -2.15. The zero-order chi connectivity index (χ0) is 32.2. The SMILES string of the molecule is N#Cc1cc(-c2c(-c3ccccc3)ccnc2C#N)ccc1-n1c2ccccc2c2ccc3c(c4ccccc4n3-c3ccccc3)c21. The highest BCUT2D eigenvalue weighted by atomic mass is 15.0. The van der Waals surface area contributed by atoms with Crippen LogP contribution in [0.5, 0.6) is 0 Å². The predicted octanol–water partition coefficient (Wildman–Crippen LogP) is 10.4. The maximum Gasteiger partial charge on any atom is 0.148 e. The second-order valence-corrected chi connectivity index (χ2v) is 11.8. The quantitative estimate of drug-likeness (QED) is 0.199. The van der Waals surface area contributed by atoms with Gasteiger partial charge in [-0.2, -0.15) is 10.5 Å². The van der Waals surface area contributed by atoms with E-state index in [1.165, 1.54) is 0 Å². The van der Waals surface area contributed by atoms with Gasteiger partial charge < -0.3 is 9.13 Å². The van der Waals surface area contributed by atoms with Gasteiger partial charge in [-0.05, 0) is 65.2 Å². The fourth-order valence-corrected chi connectivity index (χ4v) is 7.29. The van der Waals surface area contributed by atoms with E-state index in [0.717, 1.165) is 71.7 Å². The molecule has 9 aromatic rings. The summed E-state index contributed by atoms with van der Waals surface area (Å²) in [4.78, 5) is 4.41. The van der Waals surface area contributed by atoms with Crippen LogP contribution in [0.25, 0.3) is 77.2 Å². The molecule has 0 unspecified atom stereocenters. The molecule has 5 nitrogen and oxygen atoms in total. The van der Waals surface area contributed by atoms with Crippen LogP contribution in [0.4, 0.5) is 0 Å². The molecule has 0 aliphatic rings. The normalized spacial score (nSPS) is 11.3. The first kappa shape index (κ1) is 27.4. The Balaban J connectivity index is 1.37. The number of aromatic nitrogens is 3. The third-order valence-corrected chi connectivity index (χ3v) is 9.27. The van der Waals surface area contributed by atoms with Gasteiger partial charge in [0.05, 0.1) is 33.3 Å². The molecule has 5 heteroatoms. The van der Waals surface area contributed by atoms with Crippen molar-refractivity contribution in [1.29, 1.82) is 10.5 Å². The fraction of sp³-hybridized carbons (Fsp3) is 0. The Labute approximate surface area is 276 Å². The Morgan fingerprint density at radius 3 is 1.96 bits per heavy atom. The molecule has 0 spiro atoms. The summed E-state index contributed by atoms with van der Waals surface area (Å²) in [5.41, 5.74) is 10.3. The van der Waals surface area contributed by atoms with Crippen molar-refractivity contribution in [3.05, 3.63) is 163 Å². The van der Waals surface area contributed by atoms with Gasteiger partial charge in [0.2, 0.25) is 0 Å². The van der Waals surface area contributed by atoms with Gasteiger partial charge in [0, 0.05) is 39.0 Å². The number of nitriles is 2. The highest BCUT2D eigenvalue weighted by molar-refractivity contribution is 6.26. The van der Waals surface area contributed by atoms with E-state index in [1.807, 2.05) is 66.7 Å². The molecule has 3 aromatic heterocycles. The monoisotopic (exact) mass is 611 g/mol. The number of pyridine rings is 1. The number of hydrogen-bond acceptors (Lipinski definition) is 3. The van der Waals surface area contributed by atoms with Crippen molar-refractivity contribution < 1.29 is 0 Å². The van der Waals surface area contributed by atoms with Crippen LogP contribution < -0.4 is 0 Å². The standard InChI is InChI=1S/C43H25N5/c44-26-30-25-29(41-32(23-24-46-36(41)27-45)28-11-3-1-4-12-28)19-21-37(30)48-38-17-9-7-15-33(38)34-20-22-40-42(43(34)48)35-16-8-10-18-39(35)47(40)31-13-5-2-6-14-31/h1-25H. The first-order valence-corrected chi connectivity index (χ1v) is 15.8. The van der Waals surface area contributed by atoms with Gasteiger partial charge in [0.25, 0.3) is 0 Å². The molecule has 0 aliphatic heterocycles. The number of nitrogens with zero attached hydrogens (tertiary/aromatic N) is 5. The topological polar surface area (TPSA) is 70.3 Å². The highest BCUT2D eigenvalue weighted by Crippen LogP contribution is 2.43. The molecule has 0 radical (unpaired) electrons. The zero-order valence-corrected chi connectivity index (χ0v) is 25.7. The van der Waals surface area contributed by atoms with E-state index >= 15 is 0 Å². The van der Waals surface area contributed by atoms with Crippen LogP contribution in [0.2, 0.25) is 0 Å². The van der Waals surface area contributed by atoms with E-state index in [-0.39, 0.29) is 0 Å². The van der Waals surface area contributed by atoms with E-state index < -0.39 is 0 Å². The fourth-order valence-electron chi connectivity index (χ4n) is 7.29. The summed E-state index contributed by atoms with van der Waals surface area (Å²) in [6, 6.07) is 54.4. The van der Waals surface area contributed by atoms with Gasteiger partial charge in [0.15, 0.2) is 0 Å². The number of fused-ring (bicyclic) bond motifs is 7. The summed E-state index contributed by atoms with van der Waals surface area (Å²) in [6.07, 6.45) is 1.67. The summed E-state index contributed by atoms with van der Waals surface area (Å²) < 4.78 is 4.56. The van der Waals surface area contributed by atoms with Crippen molar-refractivity contribution in [3.63, 3.8) is 0 Å². The van der Waals surface area contributed by atoms with E-state index in [0.29, 0.717) is 16.8 Å². The number of benzene rings is 6. The number of hydrogen-bond donors (Lipinski definition) is 0. The minimum absolute atomic E-state index is 0.320. The van der Waals surface area contributed by atoms with Crippen LogP contribution in [0.1, 0.15) is 11.3 Å². The summed E-state index contributed by atoms with van der Waals surface area (Å²) in [5.74, 6) is 0. The second-order valence-electron chi connectivity index (χ2n) is 11.8. The van der Waals surface area contributed by atoms with Gasteiger partial charge in [0.1, 0.15) is 17.8 Å². The molecule has 3 heterocycles. The Hall–Kier alpha value is -6.95. The van der Waals surface area contributed by atoms with Gasteiger partial charge in [-0.25, -0.2) is 4.98 Å². The average Bonchev–Trinajstić information content (AvgIpc) is 3.68. The van der Waals surface area contributed by atoms with Crippen molar-refractivity contribution in [1.82, 2.24) is 14.1 Å². The first-order chi connectivity index (χ1) is 23.8. The van der Waals surface area contributed by atoms with E-state index in [9.17, 15) is 10.5 Å². The van der Waals surface area contributed by atoms with Crippen LogP contribution in [0, 0.1) is 22.7 Å². The van der Waals surface area contributed by atoms with Gasteiger partial charge in [-0.1, -0.05) is 97.1 Å². The molecule has 0 aliphatic carbocycles. The first-order valence-electron chi connectivity index (χ1n) is 15.8. The molecule has 0 atom stereocenters.